The van der Waals surface area contributed by atoms with Gasteiger partial charge in [0.1, 0.15) is 0 Å². The number of carboxylic acids is 1. The molecule has 0 amide bonds. The number of hydrogen-bond acceptors (Lipinski definition) is 5. The molecule has 1 unspecified atom stereocenters. The standard InChI is InChI=1S/C15H17N3O3/c19-15(20)12-7-4-8-18(9-12)10-13-16-14(21-17-13)11-5-2-1-3-6-11/h1-3,5-6,12H,4,7-10H2,(H,19,20). The van der Waals surface area contributed by atoms with Gasteiger partial charge in [0.25, 0.3) is 5.89 Å². The number of aliphatic carboxylic acids is 1. The first-order valence-corrected chi connectivity index (χ1v) is 7.05. The predicted molar refractivity (Wildman–Crippen MR) is 75.4 cm³/mol. The van der Waals surface area contributed by atoms with Crippen molar-refractivity contribution < 1.29 is 14.4 Å². The Morgan fingerprint density at radius 2 is 2.19 bits per heavy atom. The number of nitrogens with zero attached hydrogens (tertiary/aromatic N) is 3. The van der Waals surface area contributed by atoms with E-state index in [4.69, 9.17) is 9.63 Å². The van der Waals surface area contributed by atoms with Crippen LogP contribution in [0.15, 0.2) is 34.9 Å². The number of rotatable bonds is 4. The molecule has 1 saturated heterocycles. The molecule has 21 heavy (non-hydrogen) atoms. The number of aromatic nitrogens is 2. The largest absolute Gasteiger partial charge is 0.481 e. The van der Waals surface area contributed by atoms with Gasteiger partial charge in [0.2, 0.25) is 0 Å². The third-order valence-electron chi connectivity index (χ3n) is 3.71. The van der Waals surface area contributed by atoms with E-state index in [1.165, 1.54) is 0 Å². The molecular weight excluding hydrogens is 270 g/mol. The maximum absolute atomic E-state index is 11.1. The van der Waals surface area contributed by atoms with Crippen molar-refractivity contribution in [1.82, 2.24) is 15.0 Å². The van der Waals surface area contributed by atoms with E-state index in [1.54, 1.807) is 0 Å². The summed E-state index contributed by atoms with van der Waals surface area (Å²) in [5.41, 5.74) is 0.887. The van der Waals surface area contributed by atoms with E-state index < -0.39 is 5.97 Å². The second kappa shape index (κ2) is 6.05. The number of likely N-dealkylation sites (tertiary alicyclic amines) is 1. The summed E-state index contributed by atoms with van der Waals surface area (Å²) in [6.07, 6.45) is 1.63. The van der Waals surface area contributed by atoms with Crippen LogP contribution in [0.3, 0.4) is 0 Å². The SMILES string of the molecule is O=C(O)C1CCCN(Cc2noc(-c3ccccc3)n2)C1. The van der Waals surface area contributed by atoms with Crippen LogP contribution in [0.25, 0.3) is 11.5 Å². The van der Waals surface area contributed by atoms with Crippen LogP contribution in [-0.4, -0.2) is 39.2 Å². The van der Waals surface area contributed by atoms with Gasteiger partial charge < -0.3 is 9.63 Å². The second-order valence-electron chi connectivity index (χ2n) is 5.29. The number of hydrogen-bond donors (Lipinski definition) is 1. The molecule has 0 aliphatic carbocycles. The molecule has 110 valence electrons. The van der Waals surface area contributed by atoms with Crippen LogP contribution >= 0.6 is 0 Å². The van der Waals surface area contributed by atoms with Gasteiger partial charge in [-0.15, -0.1) is 0 Å². The van der Waals surface area contributed by atoms with Crippen LogP contribution in [0, 0.1) is 5.92 Å². The quantitative estimate of drug-likeness (QED) is 0.927. The lowest BCUT2D eigenvalue weighted by Gasteiger charge is -2.29. The maximum Gasteiger partial charge on any atom is 0.307 e. The van der Waals surface area contributed by atoms with Crippen LogP contribution in [0.1, 0.15) is 18.7 Å². The lowest BCUT2D eigenvalue weighted by Crippen LogP contribution is -2.38. The van der Waals surface area contributed by atoms with Crippen molar-refractivity contribution in [3.63, 3.8) is 0 Å². The maximum atomic E-state index is 11.1. The molecule has 1 aliphatic rings. The first kappa shape index (κ1) is 13.8. The van der Waals surface area contributed by atoms with Crippen LogP contribution in [-0.2, 0) is 11.3 Å². The van der Waals surface area contributed by atoms with Gasteiger partial charge in [-0.3, -0.25) is 9.69 Å². The smallest absolute Gasteiger partial charge is 0.307 e. The van der Waals surface area contributed by atoms with Gasteiger partial charge in [-0.05, 0) is 31.5 Å². The fourth-order valence-corrected chi connectivity index (χ4v) is 2.62. The summed E-state index contributed by atoms with van der Waals surface area (Å²) in [6, 6.07) is 9.60. The van der Waals surface area contributed by atoms with E-state index in [0.29, 0.717) is 24.8 Å². The molecule has 0 bridgehead atoms. The third-order valence-corrected chi connectivity index (χ3v) is 3.71. The molecule has 1 N–H and O–H groups in total. The Balaban J connectivity index is 1.66. The molecule has 0 spiro atoms. The predicted octanol–water partition coefficient (Wildman–Crippen LogP) is 2.03. The molecule has 2 heterocycles. The monoisotopic (exact) mass is 287 g/mol. The number of piperidine rings is 1. The summed E-state index contributed by atoms with van der Waals surface area (Å²) in [4.78, 5) is 17.5. The second-order valence-corrected chi connectivity index (χ2v) is 5.29. The fraction of sp³-hybridized carbons (Fsp3) is 0.400. The molecular formula is C15H17N3O3. The molecule has 1 aromatic carbocycles. The lowest BCUT2D eigenvalue weighted by atomic mass is 9.98. The minimum atomic E-state index is -0.724. The molecule has 0 radical (unpaired) electrons. The van der Waals surface area contributed by atoms with Crippen molar-refractivity contribution in [2.24, 2.45) is 5.92 Å². The van der Waals surface area contributed by atoms with Gasteiger partial charge in [0.15, 0.2) is 5.82 Å². The highest BCUT2D eigenvalue weighted by atomic mass is 16.5. The van der Waals surface area contributed by atoms with E-state index in [1.807, 2.05) is 30.3 Å². The summed E-state index contributed by atoms with van der Waals surface area (Å²) in [6.45, 7) is 1.95. The third kappa shape index (κ3) is 3.28. The molecule has 6 nitrogen and oxygen atoms in total. The number of benzene rings is 1. The summed E-state index contributed by atoms with van der Waals surface area (Å²) >= 11 is 0. The summed E-state index contributed by atoms with van der Waals surface area (Å²) in [5, 5.41) is 13.1. The molecule has 2 aromatic rings. The number of carboxylic acid groups (broad SMARTS) is 1. The summed E-state index contributed by atoms with van der Waals surface area (Å²) in [7, 11) is 0. The van der Waals surface area contributed by atoms with Gasteiger partial charge in [0, 0.05) is 12.1 Å². The van der Waals surface area contributed by atoms with Crippen LogP contribution in [0.4, 0.5) is 0 Å². The molecule has 1 fully saturated rings. The topological polar surface area (TPSA) is 79.5 Å². The molecule has 0 saturated carbocycles. The summed E-state index contributed by atoms with van der Waals surface area (Å²) in [5.74, 6) is 0.0781. The van der Waals surface area contributed by atoms with Gasteiger partial charge in [-0.1, -0.05) is 23.4 Å². The Morgan fingerprint density at radius 1 is 1.38 bits per heavy atom. The molecule has 1 aromatic heterocycles. The van der Waals surface area contributed by atoms with E-state index in [2.05, 4.69) is 15.0 Å². The average Bonchev–Trinajstić information content (AvgIpc) is 2.97. The molecule has 1 aliphatic heterocycles. The zero-order chi connectivity index (χ0) is 14.7. The van der Waals surface area contributed by atoms with Crippen molar-refractivity contribution in [2.45, 2.75) is 19.4 Å². The Morgan fingerprint density at radius 3 is 2.95 bits per heavy atom. The van der Waals surface area contributed by atoms with Gasteiger partial charge in [-0.25, -0.2) is 0 Å². The minimum Gasteiger partial charge on any atom is -0.481 e. The van der Waals surface area contributed by atoms with E-state index in [-0.39, 0.29) is 5.92 Å². The average molecular weight is 287 g/mol. The zero-order valence-electron chi connectivity index (χ0n) is 11.6. The van der Waals surface area contributed by atoms with Crippen LogP contribution in [0.5, 0.6) is 0 Å². The lowest BCUT2D eigenvalue weighted by molar-refractivity contribution is -0.143. The first-order chi connectivity index (χ1) is 10.2. The van der Waals surface area contributed by atoms with Crippen LogP contribution < -0.4 is 0 Å². The Labute approximate surface area is 122 Å². The van der Waals surface area contributed by atoms with Crippen molar-refractivity contribution >= 4 is 5.97 Å². The van der Waals surface area contributed by atoms with Crippen molar-refractivity contribution in [2.75, 3.05) is 13.1 Å². The molecule has 1 atom stereocenters. The van der Waals surface area contributed by atoms with E-state index in [0.717, 1.165) is 24.9 Å². The Kier molecular flexibility index (Phi) is 3.96. The minimum absolute atomic E-state index is 0.292. The highest BCUT2D eigenvalue weighted by molar-refractivity contribution is 5.70. The normalized spacial score (nSPS) is 19.5. The van der Waals surface area contributed by atoms with Crippen molar-refractivity contribution in [1.29, 1.82) is 0 Å². The van der Waals surface area contributed by atoms with Crippen LogP contribution in [0.2, 0.25) is 0 Å². The Bertz CT molecular complexity index is 612. The fourth-order valence-electron chi connectivity index (χ4n) is 2.62. The summed E-state index contributed by atoms with van der Waals surface area (Å²) < 4.78 is 5.26. The van der Waals surface area contributed by atoms with Gasteiger partial charge in [-0.2, -0.15) is 4.98 Å². The molecule has 3 rings (SSSR count). The highest BCUT2D eigenvalue weighted by Gasteiger charge is 2.26. The van der Waals surface area contributed by atoms with E-state index >= 15 is 0 Å². The Hall–Kier alpha value is -2.21. The van der Waals surface area contributed by atoms with E-state index in [9.17, 15) is 4.79 Å². The van der Waals surface area contributed by atoms with Gasteiger partial charge >= 0.3 is 5.97 Å². The number of carbonyl (C=O) groups is 1. The van der Waals surface area contributed by atoms with Crippen molar-refractivity contribution in [3.05, 3.63) is 36.2 Å². The zero-order valence-corrected chi connectivity index (χ0v) is 11.6. The van der Waals surface area contributed by atoms with Crippen molar-refractivity contribution in [3.8, 4) is 11.5 Å². The van der Waals surface area contributed by atoms with Gasteiger partial charge in [0.05, 0.1) is 12.5 Å². The highest BCUT2D eigenvalue weighted by Crippen LogP contribution is 2.20. The molecule has 6 heteroatoms. The first-order valence-electron chi connectivity index (χ1n) is 7.05.